The SMILES string of the molecule is CC1(C)CCc2ccccc2[N]1. The summed E-state index contributed by atoms with van der Waals surface area (Å²) in [7, 11) is 0. The second kappa shape index (κ2) is 2.51. The Morgan fingerprint density at radius 1 is 1.25 bits per heavy atom. The fourth-order valence-electron chi connectivity index (χ4n) is 1.65. The molecule has 63 valence electrons. The Balaban J connectivity index is 2.35. The first-order chi connectivity index (χ1) is 5.67. The molecule has 0 bridgehead atoms. The molecule has 12 heavy (non-hydrogen) atoms. The molecule has 0 saturated heterocycles. The van der Waals surface area contributed by atoms with Crippen LogP contribution in [0.5, 0.6) is 0 Å². The predicted octanol–water partition coefficient (Wildman–Crippen LogP) is 2.65. The van der Waals surface area contributed by atoms with Crippen LogP contribution in [0.4, 0.5) is 5.69 Å². The van der Waals surface area contributed by atoms with Gasteiger partial charge in [0, 0.05) is 0 Å². The summed E-state index contributed by atoms with van der Waals surface area (Å²) in [5, 5.41) is 4.68. The third kappa shape index (κ3) is 1.31. The van der Waals surface area contributed by atoms with Gasteiger partial charge in [0.1, 0.15) is 0 Å². The Morgan fingerprint density at radius 2 is 2.00 bits per heavy atom. The summed E-state index contributed by atoms with van der Waals surface area (Å²) in [6.45, 7) is 4.39. The number of fused-ring (bicyclic) bond motifs is 1. The first-order valence-electron chi connectivity index (χ1n) is 4.48. The van der Waals surface area contributed by atoms with Crippen molar-refractivity contribution in [2.75, 3.05) is 0 Å². The Hall–Kier alpha value is -0.980. The van der Waals surface area contributed by atoms with E-state index in [1.165, 1.54) is 24.1 Å². The molecule has 1 heterocycles. The lowest BCUT2D eigenvalue weighted by molar-refractivity contribution is 0.389. The highest BCUT2D eigenvalue weighted by Gasteiger charge is 2.25. The van der Waals surface area contributed by atoms with Gasteiger partial charge in [-0.3, -0.25) is 5.32 Å². The Labute approximate surface area is 73.8 Å². The number of hydrogen-bond acceptors (Lipinski definition) is 0. The molecule has 1 aromatic rings. The topological polar surface area (TPSA) is 14.1 Å². The van der Waals surface area contributed by atoms with Crippen LogP contribution in [0, 0.1) is 0 Å². The predicted molar refractivity (Wildman–Crippen MR) is 50.6 cm³/mol. The molecule has 1 aromatic carbocycles. The molecule has 1 nitrogen and oxygen atoms in total. The fourth-order valence-corrected chi connectivity index (χ4v) is 1.65. The molecule has 0 saturated carbocycles. The lowest BCUT2D eigenvalue weighted by Gasteiger charge is -2.30. The second-order valence-corrected chi connectivity index (χ2v) is 4.05. The zero-order valence-electron chi connectivity index (χ0n) is 7.67. The van der Waals surface area contributed by atoms with Gasteiger partial charge in [-0.1, -0.05) is 18.2 Å². The molecule has 0 atom stereocenters. The molecule has 0 aromatic heterocycles. The van der Waals surface area contributed by atoms with Crippen LogP contribution >= 0.6 is 0 Å². The molecule has 1 heteroatoms. The van der Waals surface area contributed by atoms with E-state index in [0.717, 1.165) is 0 Å². The standard InChI is InChI=1S/C11H14N/c1-11(2)8-7-9-5-3-4-6-10(9)12-11/h3-6H,7-8H2,1-2H3. The summed E-state index contributed by atoms with van der Waals surface area (Å²) < 4.78 is 0. The average molecular weight is 160 g/mol. The zero-order valence-corrected chi connectivity index (χ0v) is 7.67. The van der Waals surface area contributed by atoms with Crippen molar-refractivity contribution in [3.63, 3.8) is 0 Å². The highest BCUT2D eigenvalue weighted by Crippen LogP contribution is 2.29. The van der Waals surface area contributed by atoms with Crippen LogP contribution in [0.3, 0.4) is 0 Å². The summed E-state index contributed by atoms with van der Waals surface area (Å²) in [4.78, 5) is 0. The monoisotopic (exact) mass is 160 g/mol. The van der Waals surface area contributed by atoms with E-state index in [1.807, 2.05) is 0 Å². The van der Waals surface area contributed by atoms with Gasteiger partial charge in [-0.05, 0) is 38.3 Å². The summed E-state index contributed by atoms with van der Waals surface area (Å²) in [5.74, 6) is 0. The van der Waals surface area contributed by atoms with E-state index in [9.17, 15) is 0 Å². The van der Waals surface area contributed by atoms with Crippen molar-refractivity contribution in [2.24, 2.45) is 0 Å². The number of aryl methyl sites for hydroxylation is 1. The maximum Gasteiger partial charge on any atom is 0.0612 e. The van der Waals surface area contributed by atoms with Crippen molar-refractivity contribution in [3.8, 4) is 0 Å². The average Bonchev–Trinajstić information content (AvgIpc) is 2.02. The number of benzene rings is 1. The Kier molecular flexibility index (Phi) is 1.60. The summed E-state index contributed by atoms with van der Waals surface area (Å²) in [5.41, 5.74) is 2.74. The molecule has 0 aliphatic carbocycles. The van der Waals surface area contributed by atoms with Crippen molar-refractivity contribution < 1.29 is 0 Å². The van der Waals surface area contributed by atoms with Crippen LogP contribution in [-0.4, -0.2) is 5.54 Å². The molecular weight excluding hydrogens is 146 g/mol. The van der Waals surface area contributed by atoms with Crippen molar-refractivity contribution in [1.82, 2.24) is 5.32 Å². The minimum Gasteiger partial charge on any atom is -0.279 e. The first-order valence-corrected chi connectivity index (χ1v) is 4.48. The maximum absolute atomic E-state index is 4.68. The van der Waals surface area contributed by atoms with Gasteiger partial charge in [-0.2, -0.15) is 0 Å². The highest BCUT2D eigenvalue weighted by molar-refractivity contribution is 5.47. The Morgan fingerprint density at radius 3 is 2.83 bits per heavy atom. The number of para-hydroxylation sites is 1. The number of rotatable bonds is 0. The maximum atomic E-state index is 4.68. The van der Waals surface area contributed by atoms with E-state index >= 15 is 0 Å². The van der Waals surface area contributed by atoms with Crippen LogP contribution in [-0.2, 0) is 6.42 Å². The van der Waals surface area contributed by atoms with Crippen molar-refractivity contribution in [1.29, 1.82) is 0 Å². The summed E-state index contributed by atoms with van der Waals surface area (Å²) in [6.07, 6.45) is 2.34. The van der Waals surface area contributed by atoms with Crippen LogP contribution < -0.4 is 5.32 Å². The number of hydrogen-bond donors (Lipinski definition) is 0. The van der Waals surface area contributed by atoms with E-state index in [2.05, 4.69) is 43.4 Å². The van der Waals surface area contributed by atoms with E-state index in [1.54, 1.807) is 0 Å². The van der Waals surface area contributed by atoms with Crippen molar-refractivity contribution in [2.45, 2.75) is 32.2 Å². The van der Waals surface area contributed by atoms with E-state index in [-0.39, 0.29) is 5.54 Å². The van der Waals surface area contributed by atoms with Gasteiger partial charge >= 0.3 is 0 Å². The van der Waals surface area contributed by atoms with Gasteiger partial charge in [0.15, 0.2) is 0 Å². The fraction of sp³-hybridized carbons (Fsp3) is 0.455. The van der Waals surface area contributed by atoms with Gasteiger partial charge in [0.05, 0.1) is 11.2 Å². The van der Waals surface area contributed by atoms with Crippen LogP contribution in [0.25, 0.3) is 0 Å². The normalized spacial score (nSPS) is 19.5. The van der Waals surface area contributed by atoms with Gasteiger partial charge < -0.3 is 0 Å². The molecule has 0 spiro atoms. The quantitative estimate of drug-likeness (QED) is 0.554. The smallest absolute Gasteiger partial charge is 0.0612 e. The lowest BCUT2D eigenvalue weighted by Crippen LogP contribution is -2.34. The first kappa shape index (κ1) is 7.66. The van der Waals surface area contributed by atoms with Crippen molar-refractivity contribution in [3.05, 3.63) is 29.8 Å². The van der Waals surface area contributed by atoms with Crippen LogP contribution in [0.1, 0.15) is 25.8 Å². The minimum atomic E-state index is 0.147. The molecule has 0 amide bonds. The van der Waals surface area contributed by atoms with Crippen molar-refractivity contribution >= 4 is 5.69 Å². The van der Waals surface area contributed by atoms with Gasteiger partial charge in [-0.25, -0.2) is 0 Å². The van der Waals surface area contributed by atoms with Gasteiger partial charge in [-0.15, -0.1) is 0 Å². The summed E-state index contributed by atoms with van der Waals surface area (Å²) >= 11 is 0. The minimum absolute atomic E-state index is 0.147. The Bertz CT molecular complexity index is 289. The van der Waals surface area contributed by atoms with Gasteiger partial charge in [0.25, 0.3) is 0 Å². The largest absolute Gasteiger partial charge is 0.279 e. The van der Waals surface area contributed by atoms with E-state index < -0.39 is 0 Å². The molecule has 1 aliphatic rings. The molecule has 0 unspecified atom stereocenters. The molecule has 2 rings (SSSR count). The zero-order chi connectivity index (χ0) is 8.60. The highest BCUT2D eigenvalue weighted by atomic mass is 15.0. The third-order valence-electron chi connectivity index (χ3n) is 2.42. The van der Waals surface area contributed by atoms with E-state index in [4.69, 9.17) is 0 Å². The van der Waals surface area contributed by atoms with Crippen LogP contribution in [0.2, 0.25) is 0 Å². The molecular formula is C11H14N. The molecule has 0 fully saturated rings. The van der Waals surface area contributed by atoms with Crippen LogP contribution in [0.15, 0.2) is 24.3 Å². The molecule has 1 radical (unpaired) electrons. The second-order valence-electron chi connectivity index (χ2n) is 4.05. The third-order valence-corrected chi connectivity index (χ3v) is 2.42. The number of nitrogens with zero attached hydrogens (tertiary/aromatic N) is 1. The summed E-state index contributed by atoms with van der Waals surface area (Å²) in [6, 6.07) is 8.43. The molecule has 1 aliphatic heterocycles. The molecule has 0 N–H and O–H groups in total. The lowest BCUT2D eigenvalue weighted by atomic mass is 9.90. The van der Waals surface area contributed by atoms with Gasteiger partial charge in [0.2, 0.25) is 0 Å². The van der Waals surface area contributed by atoms with E-state index in [0.29, 0.717) is 0 Å².